The second kappa shape index (κ2) is 9.47. The summed E-state index contributed by atoms with van der Waals surface area (Å²) in [5.74, 6) is 0.825. The maximum absolute atomic E-state index is 10.6. The van der Waals surface area contributed by atoms with Gasteiger partial charge in [-0.3, -0.25) is 10.1 Å². The second-order valence-electron chi connectivity index (χ2n) is 5.38. The van der Waals surface area contributed by atoms with Crippen LogP contribution in [-0.4, -0.2) is 23.2 Å². The van der Waals surface area contributed by atoms with Gasteiger partial charge in [0.2, 0.25) is 0 Å². The van der Waals surface area contributed by atoms with E-state index in [0.717, 1.165) is 36.1 Å². The Hall–Kier alpha value is -2.66. The molecule has 0 aliphatic heterocycles. The third-order valence-corrected chi connectivity index (χ3v) is 3.52. The van der Waals surface area contributed by atoms with Crippen LogP contribution in [-0.2, 0) is 0 Å². The lowest BCUT2D eigenvalue weighted by Crippen LogP contribution is -1.97. The number of nitrogens with zero attached hydrogens (tertiary/aromatic N) is 1. The number of hydrogen-bond acceptors (Lipinski definition) is 4. The molecule has 0 saturated carbocycles. The zero-order valence-electron chi connectivity index (χ0n) is 13.4. The molecule has 0 bridgehead atoms. The lowest BCUT2D eigenvalue weighted by Gasteiger charge is -2.06. The first-order valence-electron chi connectivity index (χ1n) is 7.95. The molecule has 0 aromatic heterocycles. The smallest absolute Gasteiger partial charge is 0.269 e. The largest absolute Gasteiger partial charge is 0.494 e. The van der Waals surface area contributed by atoms with Crippen molar-refractivity contribution in [2.75, 3.05) is 13.2 Å². The highest BCUT2D eigenvalue weighted by molar-refractivity contribution is 5.70. The van der Waals surface area contributed by atoms with Gasteiger partial charge in [0.1, 0.15) is 5.75 Å². The third-order valence-electron chi connectivity index (χ3n) is 3.52. The highest BCUT2D eigenvalue weighted by Crippen LogP contribution is 2.17. The topological polar surface area (TPSA) is 72.6 Å². The molecule has 2 aromatic rings. The molecule has 0 aliphatic carbocycles. The van der Waals surface area contributed by atoms with Gasteiger partial charge in [-0.2, -0.15) is 0 Å². The van der Waals surface area contributed by atoms with Gasteiger partial charge < -0.3 is 9.84 Å². The van der Waals surface area contributed by atoms with E-state index in [9.17, 15) is 10.1 Å². The number of hydrogen-bond donors (Lipinski definition) is 1. The zero-order valence-corrected chi connectivity index (χ0v) is 13.4. The molecule has 0 amide bonds. The molecule has 0 unspecified atom stereocenters. The average Bonchev–Trinajstić information content (AvgIpc) is 2.61. The highest BCUT2D eigenvalue weighted by atomic mass is 16.6. The third kappa shape index (κ3) is 5.85. The molecular formula is C19H21NO4. The summed E-state index contributed by atoms with van der Waals surface area (Å²) in [6.45, 7) is 0.883. The van der Waals surface area contributed by atoms with Crippen molar-refractivity contribution in [1.29, 1.82) is 0 Å². The predicted molar refractivity (Wildman–Crippen MR) is 94.9 cm³/mol. The molecule has 24 heavy (non-hydrogen) atoms. The van der Waals surface area contributed by atoms with Gasteiger partial charge in [-0.15, -0.1) is 0 Å². The van der Waals surface area contributed by atoms with Gasteiger partial charge in [0.15, 0.2) is 0 Å². The van der Waals surface area contributed by atoms with Crippen LogP contribution in [0.5, 0.6) is 5.75 Å². The van der Waals surface area contributed by atoms with Crippen LogP contribution < -0.4 is 4.74 Å². The summed E-state index contributed by atoms with van der Waals surface area (Å²) in [5, 5.41) is 19.3. The minimum atomic E-state index is -0.407. The number of ether oxygens (including phenoxy) is 1. The molecule has 0 spiro atoms. The molecule has 5 heteroatoms. The monoisotopic (exact) mass is 327 g/mol. The molecule has 5 nitrogen and oxygen atoms in total. The lowest BCUT2D eigenvalue weighted by atomic mass is 10.1. The van der Waals surface area contributed by atoms with E-state index in [1.165, 1.54) is 12.1 Å². The molecule has 1 N–H and O–H groups in total. The maximum atomic E-state index is 10.6. The molecule has 0 fully saturated rings. The number of benzene rings is 2. The molecule has 0 aliphatic rings. The Balaban J connectivity index is 1.85. The van der Waals surface area contributed by atoms with E-state index in [0.29, 0.717) is 6.61 Å². The van der Waals surface area contributed by atoms with Gasteiger partial charge in [-0.05, 0) is 54.7 Å². The molecule has 0 radical (unpaired) electrons. The summed E-state index contributed by atoms with van der Waals surface area (Å²) in [7, 11) is 0. The fraction of sp³-hybridized carbons (Fsp3) is 0.263. The van der Waals surface area contributed by atoms with Crippen LogP contribution in [0.1, 0.15) is 30.4 Å². The molecular weight excluding hydrogens is 306 g/mol. The van der Waals surface area contributed by atoms with E-state index in [4.69, 9.17) is 9.84 Å². The van der Waals surface area contributed by atoms with E-state index < -0.39 is 4.92 Å². The van der Waals surface area contributed by atoms with Gasteiger partial charge >= 0.3 is 0 Å². The SMILES string of the molecule is O=[N+]([O-])c1ccc(C=Cc2ccc(OCCCCCO)cc2)cc1. The highest BCUT2D eigenvalue weighted by Gasteiger charge is 2.02. The van der Waals surface area contributed by atoms with E-state index in [-0.39, 0.29) is 12.3 Å². The Labute approximate surface area is 141 Å². The number of rotatable bonds is 9. The minimum absolute atomic E-state index is 0.0904. The molecule has 126 valence electrons. The van der Waals surface area contributed by atoms with Crippen LogP contribution in [0.3, 0.4) is 0 Å². The van der Waals surface area contributed by atoms with Crippen molar-refractivity contribution in [3.8, 4) is 5.75 Å². The summed E-state index contributed by atoms with van der Waals surface area (Å²) in [6, 6.07) is 14.2. The van der Waals surface area contributed by atoms with Crippen molar-refractivity contribution in [3.63, 3.8) is 0 Å². The predicted octanol–water partition coefficient (Wildman–Crippen LogP) is 4.31. The fourth-order valence-corrected chi connectivity index (χ4v) is 2.16. The average molecular weight is 327 g/mol. The molecule has 0 heterocycles. The molecule has 0 atom stereocenters. The van der Waals surface area contributed by atoms with Crippen molar-refractivity contribution in [3.05, 3.63) is 69.8 Å². The van der Waals surface area contributed by atoms with Gasteiger partial charge in [0.05, 0.1) is 11.5 Å². The van der Waals surface area contributed by atoms with Crippen molar-refractivity contribution in [1.82, 2.24) is 0 Å². The van der Waals surface area contributed by atoms with Crippen LogP contribution in [0.25, 0.3) is 12.2 Å². The quantitative estimate of drug-likeness (QED) is 0.322. The van der Waals surface area contributed by atoms with Crippen molar-refractivity contribution >= 4 is 17.8 Å². The number of aliphatic hydroxyl groups is 1. The minimum Gasteiger partial charge on any atom is -0.494 e. The normalized spacial score (nSPS) is 10.9. The van der Waals surface area contributed by atoms with Crippen LogP contribution in [0.4, 0.5) is 5.69 Å². The van der Waals surface area contributed by atoms with Crippen LogP contribution >= 0.6 is 0 Å². The molecule has 0 saturated heterocycles. The Morgan fingerprint density at radius 3 is 2.04 bits per heavy atom. The Kier molecular flexibility index (Phi) is 6.98. The fourth-order valence-electron chi connectivity index (χ4n) is 2.16. The van der Waals surface area contributed by atoms with Gasteiger partial charge in [-0.1, -0.05) is 24.3 Å². The standard InChI is InChI=1S/C19H21NO4/c21-14-2-1-3-15-24-19-12-8-17(9-13-19)5-4-16-6-10-18(11-7-16)20(22)23/h4-13,21H,1-3,14-15H2. The van der Waals surface area contributed by atoms with Crippen LogP contribution in [0, 0.1) is 10.1 Å². The van der Waals surface area contributed by atoms with Crippen molar-refractivity contribution < 1.29 is 14.8 Å². The Morgan fingerprint density at radius 1 is 0.917 bits per heavy atom. The number of aliphatic hydroxyl groups excluding tert-OH is 1. The number of nitro groups is 1. The van der Waals surface area contributed by atoms with Gasteiger partial charge in [0.25, 0.3) is 5.69 Å². The van der Waals surface area contributed by atoms with E-state index in [2.05, 4.69) is 0 Å². The Bertz CT molecular complexity index is 663. The summed E-state index contributed by atoms with van der Waals surface area (Å²) < 4.78 is 5.64. The van der Waals surface area contributed by atoms with Gasteiger partial charge in [0, 0.05) is 18.7 Å². The second-order valence-corrected chi connectivity index (χ2v) is 5.38. The molecule has 2 rings (SSSR count). The van der Waals surface area contributed by atoms with E-state index in [1.54, 1.807) is 12.1 Å². The zero-order chi connectivity index (χ0) is 17.2. The summed E-state index contributed by atoms with van der Waals surface area (Å²) in [4.78, 5) is 10.2. The summed E-state index contributed by atoms with van der Waals surface area (Å²) >= 11 is 0. The number of nitro benzene ring substituents is 1. The summed E-state index contributed by atoms with van der Waals surface area (Å²) in [5.41, 5.74) is 2.03. The number of non-ortho nitro benzene ring substituents is 1. The molecule has 2 aromatic carbocycles. The van der Waals surface area contributed by atoms with Crippen LogP contribution in [0.15, 0.2) is 48.5 Å². The van der Waals surface area contributed by atoms with Crippen molar-refractivity contribution in [2.45, 2.75) is 19.3 Å². The van der Waals surface area contributed by atoms with E-state index >= 15 is 0 Å². The summed E-state index contributed by atoms with van der Waals surface area (Å²) in [6.07, 6.45) is 6.57. The van der Waals surface area contributed by atoms with Crippen molar-refractivity contribution in [2.24, 2.45) is 0 Å². The lowest BCUT2D eigenvalue weighted by molar-refractivity contribution is -0.384. The van der Waals surface area contributed by atoms with E-state index in [1.807, 2.05) is 36.4 Å². The maximum Gasteiger partial charge on any atom is 0.269 e. The first kappa shape index (κ1) is 17.7. The van der Waals surface area contributed by atoms with Crippen LogP contribution in [0.2, 0.25) is 0 Å². The number of unbranched alkanes of at least 4 members (excludes halogenated alkanes) is 2. The van der Waals surface area contributed by atoms with Gasteiger partial charge in [-0.25, -0.2) is 0 Å². The first-order chi connectivity index (χ1) is 11.7. The first-order valence-corrected chi connectivity index (χ1v) is 7.95. The Morgan fingerprint density at radius 2 is 1.50 bits per heavy atom.